The summed E-state index contributed by atoms with van der Waals surface area (Å²) in [5, 5.41) is 3.98. The van der Waals surface area contributed by atoms with Gasteiger partial charge in [-0.05, 0) is 61.3 Å². The Labute approximate surface area is 124 Å². The number of aromatic nitrogens is 1. The number of pyridine rings is 1. The van der Waals surface area contributed by atoms with Crippen molar-refractivity contribution in [3.8, 4) is 0 Å². The van der Waals surface area contributed by atoms with Gasteiger partial charge in [-0.15, -0.1) is 0 Å². The molecule has 1 unspecified atom stereocenters. The first-order valence-corrected chi connectivity index (χ1v) is 7.10. The van der Waals surface area contributed by atoms with E-state index in [9.17, 15) is 4.39 Å². The first kappa shape index (κ1) is 14.9. The predicted octanol–water partition coefficient (Wildman–Crippen LogP) is 4.27. The van der Waals surface area contributed by atoms with E-state index in [1.165, 1.54) is 12.1 Å². The molecule has 0 aliphatic heterocycles. The Balaban J connectivity index is 2.44. The highest BCUT2D eigenvalue weighted by molar-refractivity contribution is 6.31. The molecule has 1 heterocycles. The van der Waals surface area contributed by atoms with Crippen LogP contribution in [0.2, 0.25) is 5.02 Å². The molecule has 0 fully saturated rings. The van der Waals surface area contributed by atoms with E-state index >= 15 is 0 Å². The van der Waals surface area contributed by atoms with Gasteiger partial charge in [-0.25, -0.2) is 4.39 Å². The van der Waals surface area contributed by atoms with Crippen LogP contribution in [-0.4, -0.2) is 11.5 Å². The van der Waals surface area contributed by atoms with Gasteiger partial charge in [0, 0.05) is 16.9 Å². The molecule has 0 saturated carbocycles. The van der Waals surface area contributed by atoms with Crippen molar-refractivity contribution >= 4 is 11.6 Å². The van der Waals surface area contributed by atoms with Gasteiger partial charge in [-0.1, -0.05) is 18.5 Å². The number of halogens is 2. The summed E-state index contributed by atoms with van der Waals surface area (Å²) >= 11 is 6.24. The summed E-state index contributed by atoms with van der Waals surface area (Å²) in [6.45, 7) is 4.86. The maximum Gasteiger partial charge on any atom is 0.123 e. The van der Waals surface area contributed by atoms with Crippen LogP contribution >= 0.6 is 11.6 Å². The molecule has 20 heavy (non-hydrogen) atoms. The van der Waals surface area contributed by atoms with Crippen LogP contribution in [0.15, 0.2) is 36.5 Å². The Morgan fingerprint density at radius 1 is 1.30 bits per heavy atom. The maximum atomic E-state index is 13.5. The molecule has 1 aromatic heterocycles. The van der Waals surface area contributed by atoms with E-state index in [2.05, 4.69) is 17.2 Å². The maximum absolute atomic E-state index is 13.5. The minimum absolute atomic E-state index is 0.125. The summed E-state index contributed by atoms with van der Waals surface area (Å²) in [6.07, 6.45) is 2.76. The standard InChI is InChI=1S/C16H18ClFN2/c1-3-7-20-16(12-6-8-19-11(2)9-12)14-10-13(18)4-5-15(14)17/h4-6,8-10,16,20H,3,7H2,1-2H3. The van der Waals surface area contributed by atoms with E-state index in [0.717, 1.165) is 29.8 Å². The Morgan fingerprint density at radius 3 is 2.80 bits per heavy atom. The van der Waals surface area contributed by atoms with Gasteiger partial charge >= 0.3 is 0 Å². The summed E-state index contributed by atoms with van der Waals surface area (Å²) in [7, 11) is 0. The Hall–Kier alpha value is -1.45. The van der Waals surface area contributed by atoms with Crippen molar-refractivity contribution in [2.24, 2.45) is 0 Å². The number of nitrogens with zero attached hydrogens (tertiary/aromatic N) is 1. The fraction of sp³-hybridized carbons (Fsp3) is 0.312. The highest BCUT2D eigenvalue weighted by Crippen LogP contribution is 2.29. The van der Waals surface area contributed by atoms with E-state index in [0.29, 0.717) is 5.02 Å². The molecule has 0 saturated heterocycles. The van der Waals surface area contributed by atoms with Crippen LogP contribution in [0.1, 0.15) is 36.2 Å². The van der Waals surface area contributed by atoms with Crippen molar-refractivity contribution in [2.45, 2.75) is 26.3 Å². The van der Waals surface area contributed by atoms with Crippen molar-refractivity contribution in [3.63, 3.8) is 0 Å². The average molecular weight is 293 g/mol. The third-order valence-electron chi connectivity index (χ3n) is 3.12. The van der Waals surface area contributed by atoms with E-state index in [1.807, 2.05) is 19.1 Å². The van der Waals surface area contributed by atoms with Gasteiger partial charge < -0.3 is 5.32 Å². The smallest absolute Gasteiger partial charge is 0.123 e. The highest BCUT2D eigenvalue weighted by atomic mass is 35.5. The lowest BCUT2D eigenvalue weighted by atomic mass is 9.98. The normalized spacial score (nSPS) is 12.4. The van der Waals surface area contributed by atoms with E-state index in [4.69, 9.17) is 11.6 Å². The number of benzene rings is 1. The van der Waals surface area contributed by atoms with Gasteiger partial charge in [0.15, 0.2) is 0 Å². The second kappa shape index (κ2) is 6.82. The van der Waals surface area contributed by atoms with Crippen molar-refractivity contribution in [1.82, 2.24) is 10.3 Å². The summed E-state index contributed by atoms with van der Waals surface area (Å²) in [4.78, 5) is 4.20. The Kier molecular flexibility index (Phi) is 5.10. The zero-order chi connectivity index (χ0) is 14.5. The molecule has 0 radical (unpaired) electrons. The second-order valence-electron chi connectivity index (χ2n) is 4.78. The van der Waals surface area contributed by atoms with Gasteiger partial charge in [0.1, 0.15) is 5.82 Å². The molecule has 2 rings (SSSR count). The van der Waals surface area contributed by atoms with Gasteiger partial charge in [0.25, 0.3) is 0 Å². The van der Waals surface area contributed by atoms with Crippen molar-refractivity contribution < 1.29 is 4.39 Å². The summed E-state index contributed by atoms with van der Waals surface area (Å²) < 4.78 is 13.5. The molecule has 0 aliphatic rings. The lowest BCUT2D eigenvalue weighted by Crippen LogP contribution is -2.23. The molecule has 0 amide bonds. The van der Waals surface area contributed by atoms with E-state index in [-0.39, 0.29) is 11.9 Å². The minimum atomic E-state index is -0.279. The molecule has 0 spiro atoms. The second-order valence-corrected chi connectivity index (χ2v) is 5.19. The monoisotopic (exact) mass is 292 g/mol. The molecule has 0 aliphatic carbocycles. The van der Waals surface area contributed by atoms with Crippen LogP contribution in [0.3, 0.4) is 0 Å². The van der Waals surface area contributed by atoms with Gasteiger partial charge in [-0.2, -0.15) is 0 Å². The summed E-state index contributed by atoms with van der Waals surface area (Å²) in [5.74, 6) is -0.279. The highest BCUT2D eigenvalue weighted by Gasteiger charge is 2.17. The van der Waals surface area contributed by atoms with Crippen LogP contribution in [0.5, 0.6) is 0 Å². The fourth-order valence-electron chi connectivity index (χ4n) is 2.18. The van der Waals surface area contributed by atoms with Gasteiger partial charge in [0.2, 0.25) is 0 Å². The SMILES string of the molecule is CCCNC(c1ccnc(C)c1)c1cc(F)ccc1Cl. The Bertz CT molecular complexity index is 586. The third kappa shape index (κ3) is 3.56. The molecule has 4 heteroatoms. The molecular formula is C16H18ClFN2. The Morgan fingerprint density at radius 2 is 2.10 bits per heavy atom. The molecule has 2 aromatic rings. The van der Waals surface area contributed by atoms with E-state index < -0.39 is 0 Å². The van der Waals surface area contributed by atoms with Crippen molar-refractivity contribution in [1.29, 1.82) is 0 Å². The lowest BCUT2D eigenvalue weighted by molar-refractivity contribution is 0.585. The van der Waals surface area contributed by atoms with Crippen LogP contribution in [-0.2, 0) is 0 Å². The van der Waals surface area contributed by atoms with E-state index in [1.54, 1.807) is 12.3 Å². The largest absolute Gasteiger partial charge is 0.306 e. The van der Waals surface area contributed by atoms with Crippen molar-refractivity contribution in [3.05, 3.63) is 64.2 Å². The zero-order valence-corrected chi connectivity index (χ0v) is 12.4. The third-order valence-corrected chi connectivity index (χ3v) is 3.47. The number of aryl methyl sites for hydroxylation is 1. The molecule has 2 nitrogen and oxygen atoms in total. The summed E-state index contributed by atoms with van der Waals surface area (Å²) in [6, 6.07) is 8.27. The zero-order valence-electron chi connectivity index (χ0n) is 11.7. The minimum Gasteiger partial charge on any atom is -0.306 e. The number of rotatable bonds is 5. The fourth-order valence-corrected chi connectivity index (χ4v) is 2.41. The van der Waals surface area contributed by atoms with Gasteiger partial charge in [0.05, 0.1) is 6.04 Å². The van der Waals surface area contributed by atoms with Gasteiger partial charge in [-0.3, -0.25) is 4.98 Å². The van der Waals surface area contributed by atoms with Crippen molar-refractivity contribution in [2.75, 3.05) is 6.54 Å². The predicted molar refractivity (Wildman–Crippen MR) is 80.5 cm³/mol. The molecule has 106 valence electrons. The first-order chi connectivity index (χ1) is 9.61. The van der Waals surface area contributed by atoms with Crippen LogP contribution < -0.4 is 5.32 Å². The number of hydrogen-bond donors (Lipinski definition) is 1. The quantitative estimate of drug-likeness (QED) is 0.890. The molecular weight excluding hydrogens is 275 g/mol. The van der Waals surface area contributed by atoms with Crippen LogP contribution in [0, 0.1) is 12.7 Å². The number of nitrogens with one attached hydrogen (secondary N) is 1. The molecule has 1 aromatic carbocycles. The molecule has 1 atom stereocenters. The van der Waals surface area contributed by atoms with Crippen LogP contribution in [0.4, 0.5) is 4.39 Å². The topological polar surface area (TPSA) is 24.9 Å². The molecule has 1 N–H and O–H groups in total. The average Bonchev–Trinajstić information content (AvgIpc) is 2.43. The van der Waals surface area contributed by atoms with Crippen LogP contribution in [0.25, 0.3) is 0 Å². The number of hydrogen-bond acceptors (Lipinski definition) is 2. The summed E-state index contributed by atoms with van der Waals surface area (Å²) in [5.41, 5.74) is 2.72. The molecule has 0 bridgehead atoms. The first-order valence-electron chi connectivity index (χ1n) is 6.72. The lowest BCUT2D eigenvalue weighted by Gasteiger charge is -2.21.